The fourth-order valence-electron chi connectivity index (χ4n) is 1.50. The van der Waals surface area contributed by atoms with Crippen molar-refractivity contribution in [1.82, 2.24) is 30.0 Å². The summed E-state index contributed by atoms with van der Waals surface area (Å²) in [4.78, 5) is 11.1. The summed E-state index contributed by atoms with van der Waals surface area (Å²) < 4.78 is 4.57. The molecule has 20 heavy (non-hydrogen) atoms. The molecule has 0 aliphatic heterocycles. The van der Waals surface area contributed by atoms with Crippen molar-refractivity contribution in [2.45, 2.75) is 18.6 Å². The molecule has 0 aliphatic carbocycles. The lowest BCUT2D eigenvalue weighted by Gasteiger charge is -2.03. The Kier molecular flexibility index (Phi) is 4.78. The second-order valence-corrected chi connectivity index (χ2v) is 5.87. The number of nitrogens with two attached hydrogens (primary N) is 1. The maximum atomic E-state index is 11.1. The van der Waals surface area contributed by atoms with Gasteiger partial charge in [-0.1, -0.05) is 11.8 Å². The molecule has 0 spiro atoms. The van der Waals surface area contributed by atoms with Crippen LogP contribution < -0.4 is 11.3 Å². The van der Waals surface area contributed by atoms with Crippen LogP contribution in [0.5, 0.6) is 0 Å². The SMILES string of the molecule is Cc1nn(Cc2nnc(SCC(=O)NN)n2C)cc1Br. The number of rotatable bonds is 5. The number of carbonyl (C=O) groups excluding carboxylic acids is 1. The Labute approximate surface area is 128 Å². The van der Waals surface area contributed by atoms with E-state index in [9.17, 15) is 4.79 Å². The Balaban J connectivity index is 2.06. The van der Waals surface area contributed by atoms with Crippen LogP contribution in [0.25, 0.3) is 0 Å². The molecule has 0 bridgehead atoms. The summed E-state index contributed by atoms with van der Waals surface area (Å²) in [7, 11) is 1.85. The van der Waals surface area contributed by atoms with Crippen molar-refractivity contribution in [2.75, 3.05) is 5.75 Å². The van der Waals surface area contributed by atoms with Crippen molar-refractivity contribution >= 4 is 33.6 Å². The molecule has 10 heteroatoms. The monoisotopic (exact) mass is 359 g/mol. The van der Waals surface area contributed by atoms with E-state index in [0.29, 0.717) is 11.7 Å². The lowest BCUT2D eigenvalue weighted by Crippen LogP contribution is -2.31. The van der Waals surface area contributed by atoms with E-state index in [-0.39, 0.29) is 11.7 Å². The number of thioether (sulfide) groups is 1. The summed E-state index contributed by atoms with van der Waals surface area (Å²) in [5.41, 5.74) is 2.99. The second-order valence-electron chi connectivity index (χ2n) is 4.07. The minimum absolute atomic E-state index is 0.203. The quantitative estimate of drug-likeness (QED) is 0.342. The number of nitrogens with one attached hydrogen (secondary N) is 1. The molecule has 0 unspecified atom stereocenters. The highest BCUT2D eigenvalue weighted by molar-refractivity contribution is 9.10. The Hall–Kier alpha value is -1.39. The van der Waals surface area contributed by atoms with Crippen LogP contribution in [0.4, 0.5) is 0 Å². The van der Waals surface area contributed by atoms with E-state index >= 15 is 0 Å². The fourth-order valence-corrected chi connectivity index (χ4v) is 2.56. The van der Waals surface area contributed by atoms with E-state index in [1.54, 1.807) is 4.68 Å². The topological polar surface area (TPSA) is 104 Å². The Morgan fingerprint density at radius 3 is 2.90 bits per heavy atom. The number of carbonyl (C=O) groups is 1. The molecule has 0 saturated heterocycles. The van der Waals surface area contributed by atoms with Crippen molar-refractivity contribution in [3.8, 4) is 0 Å². The van der Waals surface area contributed by atoms with Crippen LogP contribution in [0.1, 0.15) is 11.5 Å². The molecule has 0 aliphatic rings. The van der Waals surface area contributed by atoms with Gasteiger partial charge in [-0.05, 0) is 22.9 Å². The molecule has 0 radical (unpaired) electrons. The van der Waals surface area contributed by atoms with E-state index < -0.39 is 0 Å². The number of hydrogen-bond acceptors (Lipinski definition) is 6. The zero-order chi connectivity index (χ0) is 14.7. The molecule has 2 rings (SSSR count). The third-order valence-electron chi connectivity index (χ3n) is 2.61. The van der Waals surface area contributed by atoms with E-state index in [2.05, 4.69) is 36.7 Å². The van der Waals surface area contributed by atoms with Gasteiger partial charge in [0.15, 0.2) is 11.0 Å². The fraction of sp³-hybridized carbons (Fsp3) is 0.400. The number of halogens is 1. The van der Waals surface area contributed by atoms with Crippen LogP contribution in [0.15, 0.2) is 15.8 Å². The van der Waals surface area contributed by atoms with Crippen molar-refractivity contribution < 1.29 is 4.79 Å². The zero-order valence-corrected chi connectivity index (χ0v) is 13.4. The first kappa shape index (κ1) is 15.0. The van der Waals surface area contributed by atoms with Gasteiger partial charge < -0.3 is 4.57 Å². The highest BCUT2D eigenvalue weighted by Gasteiger charge is 2.12. The van der Waals surface area contributed by atoms with Crippen LogP contribution >= 0.6 is 27.7 Å². The number of nitrogens with zero attached hydrogens (tertiary/aromatic N) is 5. The van der Waals surface area contributed by atoms with Gasteiger partial charge in [-0.15, -0.1) is 10.2 Å². The Morgan fingerprint density at radius 2 is 2.30 bits per heavy atom. The first-order chi connectivity index (χ1) is 9.51. The smallest absolute Gasteiger partial charge is 0.244 e. The maximum Gasteiger partial charge on any atom is 0.244 e. The van der Waals surface area contributed by atoms with E-state index in [1.165, 1.54) is 11.8 Å². The molecule has 1 amide bonds. The van der Waals surface area contributed by atoms with Gasteiger partial charge in [-0.2, -0.15) is 5.10 Å². The van der Waals surface area contributed by atoms with Gasteiger partial charge in [-0.3, -0.25) is 14.9 Å². The molecular weight excluding hydrogens is 346 g/mol. The highest BCUT2D eigenvalue weighted by atomic mass is 79.9. The molecule has 0 atom stereocenters. The van der Waals surface area contributed by atoms with Crippen LogP contribution in [-0.4, -0.2) is 36.2 Å². The molecule has 0 fully saturated rings. The third-order valence-corrected chi connectivity index (χ3v) is 4.41. The number of aromatic nitrogens is 5. The minimum Gasteiger partial charge on any atom is -0.308 e. The first-order valence-corrected chi connectivity index (χ1v) is 7.49. The summed E-state index contributed by atoms with van der Waals surface area (Å²) in [6, 6.07) is 0. The van der Waals surface area contributed by atoms with Crippen LogP contribution in [0.3, 0.4) is 0 Å². The van der Waals surface area contributed by atoms with E-state index in [4.69, 9.17) is 5.84 Å². The van der Waals surface area contributed by atoms with Gasteiger partial charge in [0.25, 0.3) is 0 Å². The van der Waals surface area contributed by atoms with Crippen LogP contribution in [0, 0.1) is 6.92 Å². The first-order valence-electron chi connectivity index (χ1n) is 5.71. The average molecular weight is 360 g/mol. The van der Waals surface area contributed by atoms with Crippen molar-refractivity contribution in [1.29, 1.82) is 0 Å². The number of aryl methyl sites for hydroxylation is 1. The molecule has 108 valence electrons. The number of hydrogen-bond donors (Lipinski definition) is 2. The zero-order valence-electron chi connectivity index (χ0n) is 11.0. The van der Waals surface area contributed by atoms with E-state index in [0.717, 1.165) is 16.0 Å². The molecular formula is C10H14BrN7OS. The molecule has 0 aromatic carbocycles. The summed E-state index contributed by atoms with van der Waals surface area (Å²) >= 11 is 4.69. The largest absolute Gasteiger partial charge is 0.308 e. The number of hydrazine groups is 1. The molecule has 2 aromatic rings. The molecule has 8 nitrogen and oxygen atoms in total. The van der Waals surface area contributed by atoms with Gasteiger partial charge in [0.05, 0.1) is 15.9 Å². The summed E-state index contributed by atoms with van der Waals surface area (Å²) in [6.45, 7) is 2.43. The van der Waals surface area contributed by atoms with Crippen LogP contribution in [-0.2, 0) is 18.4 Å². The summed E-state index contributed by atoms with van der Waals surface area (Å²) in [6.07, 6.45) is 1.89. The van der Waals surface area contributed by atoms with E-state index in [1.807, 2.05) is 24.7 Å². The summed E-state index contributed by atoms with van der Waals surface area (Å²) in [5.74, 6) is 5.73. The number of amides is 1. The molecule has 2 aromatic heterocycles. The van der Waals surface area contributed by atoms with Crippen molar-refractivity contribution in [3.05, 3.63) is 22.2 Å². The Bertz CT molecular complexity index is 604. The standard InChI is InChI=1S/C10H14BrN7OS/c1-6-7(11)3-18(16-6)4-8-14-15-10(17(8)2)20-5-9(19)13-12/h3H,4-5,12H2,1-2H3,(H,13,19). The van der Waals surface area contributed by atoms with Gasteiger partial charge >= 0.3 is 0 Å². The van der Waals surface area contributed by atoms with Crippen molar-refractivity contribution in [2.24, 2.45) is 12.9 Å². The minimum atomic E-state index is -0.258. The van der Waals surface area contributed by atoms with Crippen LogP contribution in [0.2, 0.25) is 0 Å². The predicted molar refractivity (Wildman–Crippen MR) is 77.8 cm³/mol. The molecule has 3 N–H and O–H groups in total. The average Bonchev–Trinajstić information content (AvgIpc) is 2.92. The van der Waals surface area contributed by atoms with Gasteiger partial charge in [0, 0.05) is 13.2 Å². The lowest BCUT2D eigenvalue weighted by atomic mass is 10.5. The van der Waals surface area contributed by atoms with Gasteiger partial charge in [0.2, 0.25) is 5.91 Å². The third kappa shape index (κ3) is 3.38. The lowest BCUT2D eigenvalue weighted by molar-refractivity contribution is -0.118. The Morgan fingerprint density at radius 1 is 1.55 bits per heavy atom. The predicted octanol–water partition coefficient (Wildman–Crippen LogP) is 0.213. The van der Waals surface area contributed by atoms with Gasteiger partial charge in [-0.25, -0.2) is 5.84 Å². The highest BCUT2D eigenvalue weighted by Crippen LogP contribution is 2.17. The normalized spacial score (nSPS) is 10.8. The second kappa shape index (κ2) is 6.37. The molecule has 2 heterocycles. The molecule has 0 saturated carbocycles. The van der Waals surface area contributed by atoms with Gasteiger partial charge in [0.1, 0.15) is 6.54 Å². The summed E-state index contributed by atoms with van der Waals surface area (Å²) in [5, 5.41) is 13.2. The maximum absolute atomic E-state index is 11.1. The van der Waals surface area contributed by atoms with Crippen molar-refractivity contribution in [3.63, 3.8) is 0 Å².